The quantitative estimate of drug-likeness (QED) is 0.646. The molecule has 0 N–H and O–H groups in total. The molecule has 0 radical (unpaired) electrons. The van der Waals surface area contributed by atoms with E-state index in [1.807, 2.05) is 0 Å². The van der Waals surface area contributed by atoms with Crippen molar-refractivity contribution in [3.05, 3.63) is 77.4 Å². The Morgan fingerprint density at radius 3 is 2.45 bits per heavy atom. The van der Waals surface area contributed by atoms with E-state index in [0.717, 1.165) is 6.42 Å². The van der Waals surface area contributed by atoms with Crippen molar-refractivity contribution in [2.45, 2.75) is 25.7 Å². The van der Waals surface area contributed by atoms with Gasteiger partial charge in [0.25, 0.3) is 0 Å². The molecule has 2 aromatic carbocycles. The first-order valence-corrected chi connectivity index (χ1v) is 7.29. The Morgan fingerprint density at radius 1 is 0.900 bits per heavy atom. The minimum Gasteiger partial charge on any atom is -0.0827 e. The van der Waals surface area contributed by atoms with Crippen LogP contribution in [0.1, 0.15) is 31.4 Å². The summed E-state index contributed by atoms with van der Waals surface area (Å²) in [5.41, 5.74) is 8.80. The summed E-state index contributed by atoms with van der Waals surface area (Å²) in [6, 6.07) is 17.5. The van der Waals surface area contributed by atoms with Gasteiger partial charge in [-0.1, -0.05) is 73.2 Å². The van der Waals surface area contributed by atoms with Gasteiger partial charge < -0.3 is 0 Å². The van der Waals surface area contributed by atoms with Crippen LogP contribution in [0.15, 0.2) is 66.3 Å². The van der Waals surface area contributed by atoms with Crippen molar-refractivity contribution in [1.82, 2.24) is 0 Å². The van der Waals surface area contributed by atoms with Crippen molar-refractivity contribution in [1.29, 1.82) is 0 Å². The molecule has 0 saturated carbocycles. The van der Waals surface area contributed by atoms with E-state index in [9.17, 15) is 0 Å². The Balaban J connectivity index is 2.03. The van der Waals surface area contributed by atoms with Crippen LogP contribution in [-0.2, 0) is 5.41 Å². The van der Waals surface area contributed by atoms with Crippen LogP contribution >= 0.6 is 0 Å². The van der Waals surface area contributed by atoms with E-state index in [-0.39, 0.29) is 5.41 Å². The molecule has 4 rings (SSSR count). The molecule has 98 valence electrons. The van der Waals surface area contributed by atoms with Crippen molar-refractivity contribution < 1.29 is 0 Å². The Labute approximate surface area is 120 Å². The number of fused-ring (bicyclic) bond motifs is 4. The molecular formula is C20H18. The van der Waals surface area contributed by atoms with Gasteiger partial charge in [-0.15, -0.1) is 0 Å². The molecule has 0 saturated heterocycles. The van der Waals surface area contributed by atoms with E-state index < -0.39 is 0 Å². The van der Waals surface area contributed by atoms with Crippen LogP contribution in [0, 0.1) is 0 Å². The summed E-state index contributed by atoms with van der Waals surface area (Å²) in [4.78, 5) is 0. The highest BCUT2D eigenvalue weighted by atomic mass is 14.4. The summed E-state index contributed by atoms with van der Waals surface area (Å²) >= 11 is 0. The maximum absolute atomic E-state index is 2.39. The lowest BCUT2D eigenvalue weighted by Crippen LogP contribution is -2.21. The lowest BCUT2D eigenvalue weighted by Gasteiger charge is -2.30. The van der Waals surface area contributed by atoms with Crippen molar-refractivity contribution in [3.8, 4) is 11.1 Å². The largest absolute Gasteiger partial charge is 0.0827 e. The lowest BCUT2D eigenvalue weighted by atomic mass is 9.73. The molecule has 0 nitrogen and oxygen atoms in total. The first-order valence-electron chi connectivity index (χ1n) is 7.29. The molecule has 2 aliphatic carbocycles. The van der Waals surface area contributed by atoms with Gasteiger partial charge >= 0.3 is 0 Å². The van der Waals surface area contributed by atoms with Gasteiger partial charge in [-0.3, -0.25) is 0 Å². The zero-order valence-electron chi connectivity index (χ0n) is 12.0. The number of allylic oxidation sites excluding steroid dienone is 4. The van der Waals surface area contributed by atoms with Crippen LogP contribution in [0.4, 0.5) is 0 Å². The van der Waals surface area contributed by atoms with Crippen LogP contribution < -0.4 is 0 Å². The molecule has 1 atom stereocenters. The van der Waals surface area contributed by atoms with Gasteiger partial charge in [-0.05, 0) is 41.2 Å². The summed E-state index contributed by atoms with van der Waals surface area (Å²) in [6.45, 7) is 4.69. The van der Waals surface area contributed by atoms with Gasteiger partial charge in [-0.25, -0.2) is 0 Å². The second-order valence-corrected chi connectivity index (χ2v) is 6.07. The zero-order chi connectivity index (χ0) is 13.7. The molecule has 0 aromatic heterocycles. The first-order chi connectivity index (χ1) is 9.72. The Bertz CT molecular complexity index is 747. The predicted molar refractivity (Wildman–Crippen MR) is 85.6 cm³/mol. The SMILES string of the molecule is CC1=C2C=CCC1(C)c1c2cccc1-c1ccccc1. The third-order valence-corrected chi connectivity index (χ3v) is 5.03. The monoisotopic (exact) mass is 258 g/mol. The summed E-state index contributed by atoms with van der Waals surface area (Å²) in [7, 11) is 0. The molecule has 20 heavy (non-hydrogen) atoms. The van der Waals surface area contributed by atoms with Gasteiger partial charge in [0, 0.05) is 5.41 Å². The standard InChI is InChI=1S/C20H18/c1-14-16-12-7-13-20(14,2)19-17(10-6-11-18(16)19)15-8-4-3-5-9-15/h3-12H,13H2,1-2H3. The maximum Gasteiger partial charge on any atom is 0.0186 e. The smallest absolute Gasteiger partial charge is 0.0186 e. The van der Waals surface area contributed by atoms with E-state index >= 15 is 0 Å². The molecule has 2 aromatic rings. The van der Waals surface area contributed by atoms with E-state index in [1.165, 1.54) is 33.4 Å². The minimum atomic E-state index is 0.172. The maximum atomic E-state index is 2.39. The second-order valence-electron chi connectivity index (χ2n) is 6.07. The fourth-order valence-corrected chi connectivity index (χ4v) is 3.80. The predicted octanol–water partition coefficient (Wildman–Crippen LogP) is 5.36. The normalized spacial score (nSPS) is 23.1. The van der Waals surface area contributed by atoms with Crippen LogP contribution in [0.25, 0.3) is 16.7 Å². The van der Waals surface area contributed by atoms with Crippen LogP contribution in [0.5, 0.6) is 0 Å². The molecular weight excluding hydrogens is 240 g/mol. The zero-order valence-corrected chi connectivity index (χ0v) is 12.0. The Morgan fingerprint density at radius 2 is 1.65 bits per heavy atom. The third kappa shape index (κ3) is 1.37. The summed E-state index contributed by atoms with van der Waals surface area (Å²) in [5, 5.41) is 0. The average molecular weight is 258 g/mol. The summed E-state index contributed by atoms with van der Waals surface area (Å²) in [5.74, 6) is 0. The molecule has 0 aliphatic heterocycles. The molecule has 0 spiro atoms. The number of benzene rings is 2. The van der Waals surface area contributed by atoms with Gasteiger partial charge in [0.1, 0.15) is 0 Å². The molecule has 0 heterocycles. The van der Waals surface area contributed by atoms with Gasteiger partial charge in [0.05, 0.1) is 0 Å². The van der Waals surface area contributed by atoms with Crippen molar-refractivity contribution in [2.75, 3.05) is 0 Å². The van der Waals surface area contributed by atoms with Crippen molar-refractivity contribution >= 4 is 5.57 Å². The number of hydrogen-bond donors (Lipinski definition) is 0. The minimum absolute atomic E-state index is 0.172. The molecule has 2 aliphatic rings. The first kappa shape index (κ1) is 11.7. The summed E-state index contributed by atoms with van der Waals surface area (Å²) in [6.07, 6.45) is 5.74. The second kappa shape index (κ2) is 3.96. The molecule has 0 fully saturated rings. The number of hydrogen-bond acceptors (Lipinski definition) is 0. The highest BCUT2D eigenvalue weighted by Crippen LogP contribution is 2.54. The lowest BCUT2D eigenvalue weighted by molar-refractivity contribution is 0.577. The van der Waals surface area contributed by atoms with Crippen molar-refractivity contribution in [3.63, 3.8) is 0 Å². The molecule has 0 heteroatoms. The van der Waals surface area contributed by atoms with Gasteiger partial charge in [0.15, 0.2) is 0 Å². The van der Waals surface area contributed by atoms with E-state index in [2.05, 4.69) is 74.5 Å². The van der Waals surface area contributed by atoms with E-state index in [4.69, 9.17) is 0 Å². The van der Waals surface area contributed by atoms with Crippen LogP contribution in [-0.4, -0.2) is 0 Å². The van der Waals surface area contributed by atoms with Crippen LogP contribution in [0.3, 0.4) is 0 Å². The number of rotatable bonds is 1. The van der Waals surface area contributed by atoms with Crippen molar-refractivity contribution in [2.24, 2.45) is 0 Å². The fourth-order valence-electron chi connectivity index (χ4n) is 3.80. The Hall–Kier alpha value is -2.08. The molecule has 0 amide bonds. The fraction of sp³-hybridized carbons (Fsp3) is 0.200. The highest BCUT2D eigenvalue weighted by molar-refractivity contribution is 5.91. The third-order valence-electron chi connectivity index (χ3n) is 5.03. The topological polar surface area (TPSA) is 0 Å². The van der Waals surface area contributed by atoms with Gasteiger partial charge in [-0.2, -0.15) is 0 Å². The molecule has 1 unspecified atom stereocenters. The van der Waals surface area contributed by atoms with Gasteiger partial charge in [0.2, 0.25) is 0 Å². The van der Waals surface area contributed by atoms with Crippen LogP contribution in [0.2, 0.25) is 0 Å². The average Bonchev–Trinajstić information content (AvgIpc) is 2.62. The molecule has 2 bridgehead atoms. The van der Waals surface area contributed by atoms with E-state index in [1.54, 1.807) is 0 Å². The Kier molecular flexibility index (Phi) is 2.32. The highest BCUT2D eigenvalue weighted by Gasteiger charge is 2.41. The van der Waals surface area contributed by atoms with E-state index in [0.29, 0.717) is 0 Å². The summed E-state index contributed by atoms with van der Waals surface area (Å²) < 4.78 is 0.